The van der Waals surface area contributed by atoms with Gasteiger partial charge in [-0.25, -0.2) is 4.39 Å². The summed E-state index contributed by atoms with van der Waals surface area (Å²) in [5.41, 5.74) is 0.510. The lowest BCUT2D eigenvalue weighted by Crippen LogP contribution is -2.39. The van der Waals surface area contributed by atoms with Crippen molar-refractivity contribution in [3.05, 3.63) is 58.9 Å². The quantitative estimate of drug-likeness (QED) is 0.275. The van der Waals surface area contributed by atoms with Gasteiger partial charge >= 0.3 is 0 Å². The fourth-order valence-corrected chi connectivity index (χ4v) is 4.92. The van der Waals surface area contributed by atoms with Gasteiger partial charge in [-0.3, -0.25) is 14.5 Å². The van der Waals surface area contributed by atoms with Crippen molar-refractivity contribution < 1.29 is 38.0 Å². The third-order valence-corrected chi connectivity index (χ3v) is 6.81. The Hall–Kier alpha value is -3.63. The number of rotatable bonds is 10. The van der Waals surface area contributed by atoms with E-state index in [0.29, 0.717) is 36.7 Å². The van der Waals surface area contributed by atoms with Crippen molar-refractivity contribution >= 4 is 17.4 Å². The second kappa shape index (κ2) is 12.5. The van der Waals surface area contributed by atoms with E-state index in [9.17, 15) is 19.1 Å². The number of carbonyl (C=O) groups excluding carboxylic acids is 2. The summed E-state index contributed by atoms with van der Waals surface area (Å²) in [4.78, 5) is 30.3. The molecule has 39 heavy (non-hydrogen) atoms. The summed E-state index contributed by atoms with van der Waals surface area (Å²) in [6.45, 7) is 7.50. The summed E-state index contributed by atoms with van der Waals surface area (Å²) in [6, 6.07) is 8.15. The topological polar surface area (TPSA) is 97.8 Å². The lowest BCUT2D eigenvalue weighted by atomic mass is 9.94. The third-order valence-electron chi connectivity index (χ3n) is 6.81. The number of aliphatic hydroxyl groups excluding tert-OH is 1. The maximum atomic E-state index is 14.8. The molecule has 2 aliphatic rings. The summed E-state index contributed by atoms with van der Waals surface area (Å²) in [6.07, 6.45) is 0.374. The van der Waals surface area contributed by atoms with E-state index in [1.54, 1.807) is 32.0 Å². The van der Waals surface area contributed by atoms with Gasteiger partial charge in [0, 0.05) is 31.7 Å². The lowest BCUT2D eigenvalue weighted by molar-refractivity contribution is -0.140. The van der Waals surface area contributed by atoms with Crippen LogP contribution in [0.2, 0.25) is 0 Å². The van der Waals surface area contributed by atoms with Crippen molar-refractivity contribution in [2.75, 3.05) is 53.6 Å². The number of hydrogen-bond donors (Lipinski definition) is 1. The highest BCUT2D eigenvalue weighted by molar-refractivity contribution is 6.46. The predicted molar refractivity (Wildman–Crippen MR) is 143 cm³/mol. The minimum atomic E-state index is -0.899. The Labute approximate surface area is 227 Å². The van der Waals surface area contributed by atoms with E-state index in [2.05, 4.69) is 4.90 Å². The van der Waals surface area contributed by atoms with Crippen molar-refractivity contribution in [1.82, 2.24) is 9.80 Å². The Balaban J connectivity index is 1.73. The van der Waals surface area contributed by atoms with Gasteiger partial charge in [-0.05, 0) is 56.2 Å². The van der Waals surface area contributed by atoms with Crippen LogP contribution in [0.4, 0.5) is 4.39 Å². The highest BCUT2D eigenvalue weighted by Crippen LogP contribution is 2.42. The number of methoxy groups -OCH3 is 2. The molecule has 10 heteroatoms. The number of morpholine rings is 1. The van der Waals surface area contributed by atoms with Crippen molar-refractivity contribution in [2.24, 2.45) is 0 Å². The lowest BCUT2D eigenvalue weighted by Gasteiger charge is -2.29. The molecule has 1 atom stereocenters. The molecule has 0 bridgehead atoms. The summed E-state index contributed by atoms with van der Waals surface area (Å²) >= 11 is 0. The third kappa shape index (κ3) is 6.17. The molecule has 4 rings (SSSR count). The van der Waals surface area contributed by atoms with E-state index < -0.39 is 29.3 Å². The number of ketones is 1. The monoisotopic (exact) mass is 542 g/mol. The number of Topliss-reactive ketones (excluding diaryl/α,β-unsaturated/α-hetero) is 1. The van der Waals surface area contributed by atoms with Crippen molar-refractivity contribution in [2.45, 2.75) is 32.4 Å². The van der Waals surface area contributed by atoms with Crippen LogP contribution in [-0.4, -0.2) is 86.3 Å². The number of nitrogens with zero attached hydrogens (tertiary/aromatic N) is 2. The molecule has 2 saturated heterocycles. The Kier molecular flexibility index (Phi) is 9.08. The largest absolute Gasteiger partial charge is 0.507 e. The maximum Gasteiger partial charge on any atom is 0.295 e. The number of carbonyl (C=O) groups is 2. The number of ether oxygens (including phenoxy) is 4. The SMILES string of the molecule is COc1ccc([C@H]2/C(=C(\O)c3ccc(OC(C)C)c(F)c3)C(=O)C(=O)N2CCCN2CCOCC2)cc1OC. The molecule has 2 aliphatic heterocycles. The highest BCUT2D eigenvalue weighted by atomic mass is 19.1. The van der Waals surface area contributed by atoms with Crippen LogP contribution in [-0.2, 0) is 14.3 Å². The zero-order valence-electron chi connectivity index (χ0n) is 22.7. The van der Waals surface area contributed by atoms with Crippen LogP contribution in [0.1, 0.15) is 37.4 Å². The first-order chi connectivity index (χ1) is 18.7. The zero-order valence-corrected chi connectivity index (χ0v) is 22.7. The molecule has 1 N–H and O–H groups in total. The smallest absolute Gasteiger partial charge is 0.295 e. The van der Waals surface area contributed by atoms with Crippen LogP contribution < -0.4 is 14.2 Å². The van der Waals surface area contributed by atoms with E-state index in [-0.39, 0.29) is 29.5 Å². The number of halogens is 1. The van der Waals surface area contributed by atoms with E-state index in [1.807, 2.05) is 0 Å². The Bertz CT molecular complexity index is 1240. The molecule has 2 aromatic rings. The van der Waals surface area contributed by atoms with Gasteiger partial charge < -0.3 is 29.0 Å². The normalized spacial score (nSPS) is 19.5. The first-order valence-corrected chi connectivity index (χ1v) is 13.0. The summed E-state index contributed by atoms with van der Waals surface area (Å²) in [5.74, 6) is -1.78. The molecule has 2 aromatic carbocycles. The number of benzene rings is 2. The minimum Gasteiger partial charge on any atom is -0.507 e. The molecule has 0 unspecified atom stereocenters. The standard InChI is InChI=1S/C29H35FN2O7/c1-18(2)39-22-8-7-20(16-21(22)30)27(33)25-26(19-6-9-23(36-3)24(17-19)37-4)32(29(35)28(25)34)11-5-10-31-12-14-38-15-13-31/h6-9,16-18,26,33H,5,10-15H2,1-4H3/b27-25+/t26-/m0/s1. The molecule has 1 amide bonds. The van der Waals surface area contributed by atoms with Gasteiger partial charge in [0.25, 0.3) is 11.7 Å². The molecule has 210 valence electrons. The number of hydrogen-bond acceptors (Lipinski definition) is 8. The van der Waals surface area contributed by atoms with Gasteiger partial charge in [-0.2, -0.15) is 0 Å². The molecular formula is C29H35FN2O7. The van der Waals surface area contributed by atoms with Crippen molar-refractivity contribution in [1.29, 1.82) is 0 Å². The molecule has 0 radical (unpaired) electrons. The van der Waals surface area contributed by atoms with Crippen LogP contribution in [0.3, 0.4) is 0 Å². The second-order valence-corrected chi connectivity index (χ2v) is 9.73. The van der Waals surface area contributed by atoms with Crippen molar-refractivity contribution in [3.63, 3.8) is 0 Å². The zero-order chi connectivity index (χ0) is 28.1. The molecule has 2 fully saturated rings. The first-order valence-electron chi connectivity index (χ1n) is 13.0. The van der Waals surface area contributed by atoms with Gasteiger partial charge in [0.2, 0.25) is 0 Å². The number of amides is 1. The average molecular weight is 543 g/mol. The first kappa shape index (κ1) is 28.4. The van der Waals surface area contributed by atoms with E-state index in [0.717, 1.165) is 25.7 Å². The fourth-order valence-electron chi connectivity index (χ4n) is 4.92. The van der Waals surface area contributed by atoms with Gasteiger partial charge in [-0.1, -0.05) is 6.07 Å². The number of aliphatic hydroxyl groups is 1. The van der Waals surface area contributed by atoms with E-state index in [1.165, 1.54) is 31.3 Å². The van der Waals surface area contributed by atoms with E-state index >= 15 is 0 Å². The minimum absolute atomic E-state index is 0.0292. The molecular weight excluding hydrogens is 507 g/mol. The highest BCUT2D eigenvalue weighted by Gasteiger charge is 2.46. The predicted octanol–water partition coefficient (Wildman–Crippen LogP) is 3.77. The fraction of sp³-hybridized carbons (Fsp3) is 0.448. The number of likely N-dealkylation sites (tertiary alicyclic amines) is 1. The molecule has 0 aliphatic carbocycles. The molecule has 0 aromatic heterocycles. The summed E-state index contributed by atoms with van der Waals surface area (Å²) in [5, 5.41) is 11.3. The van der Waals surface area contributed by atoms with Crippen LogP contribution in [0, 0.1) is 5.82 Å². The second-order valence-electron chi connectivity index (χ2n) is 9.73. The van der Waals surface area contributed by atoms with Crippen molar-refractivity contribution in [3.8, 4) is 17.2 Å². The molecule has 9 nitrogen and oxygen atoms in total. The Morgan fingerprint density at radius 3 is 2.36 bits per heavy atom. The maximum absolute atomic E-state index is 14.8. The molecule has 0 spiro atoms. The van der Waals surface area contributed by atoms with Crippen LogP contribution in [0.15, 0.2) is 42.0 Å². The average Bonchev–Trinajstić information content (AvgIpc) is 3.18. The van der Waals surface area contributed by atoms with Crippen LogP contribution in [0.5, 0.6) is 17.2 Å². The van der Waals surface area contributed by atoms with Crippen LogP contribution in [0.25, 0.3) is 5.76 Å². The summed E-state index contributed by atoms with van der Waals surface area (Å²) < 4.78 is 36.4. The molecule has 2 heterocycles. The summed E-state index contributed by atoms with van der Waals surface area (Å²) in [7, 11) is 3.00. The van der Waals surface area contributed by atoms with Gasteiger partial charge in [0.1, 0.15) is 5.76 Å². The Morgan fingerprint density at radius 1 is 1.03 bits per heavy atom. The Morgan fingerprint density at radius 2 is 1.72 bits per heavy atom. The van der Waals surface area contributed by atoms with Gasteiger partial charge in [-0.15, -0.1) is 0 Å². The molecule has 0 saturated carbocycles. The van der Waals surface area contributed by atoms with Crippen LogP contribution >= 0.6 is 0 Å². The van der Waals surface area contributed by atoms with Gasteiger partial charge in [0.05, 0.1) is 45.2 Å². The van der Waals surface area contributed by atoms with E-state index in [4.69, 9.17) is 18.9 Å². The van der Waals surface area contributed by atoms with Gasteiger partial charge in [0.15, 0.2) is 23.1 Å².